The Morgan fingerprint density at radius 3 is 2.39 bits per heavy atom. The lowest BCUT2D eigenvalue weighted by molar-refractivity contribution is 0.102. The highest BCUT2D eigenvalue weighted by molar-refractivity contribution is 9.10. The third-order valence-electron chi connectivity index (χ3n) is 3.72. The molecule has 0 aromatic heterocycles. The van der Waals surface area contributed by atoms with Gasteiger partial charge in [-0.3, -0.25) is 13.4 Å². The highest BCUT2D eigenvalue weighted by Crippen LogP contribution is 2.40. The SMILES string of the molecule is CN1c2ccc(NC(=O)c3ccccc3Br)cc2N(C)S1(=O)=O. The van der Waals surface area contributed by atoms with E-state index in [2.05, 4.69) is 21.2 Å². The molecule has 8 heteroatoms. The molecule has 0 radical (unpaired) electrons. The fourth-order valence-corrected chi connectivity index (χ4v) is 4.03. The van der Waals surface area contributed by atoms with Gasteiger partial charge in [-0.05, 0) is 46.3 Å². The molecule has 0 saturated carbocycles. The number of rotatable bonds is 2. The summed E-state index contributed by atoms with van der Waals surface area (Å²) in [5, 5.41) is 2.78. The van der Waals surface area contributed by atoms with Gasteiger partial charge in [-0.15, -0.1) is 0 Å². The molecule has 6 nitrogen and oxygen atoms in total. The van der Waals surface area contributed by atoms with Crippen molar-refractivity contribution in [2.75, 3.05) is 28.0 Å². The largest absolute Gasteiger partial charge is 0.326 e. The first-order chi connectivity index (χ1) is 10.8. The molecule has 1 amide bonds. The standard InChI is InChI=1S/C15H14BrN3O3S/c1-18-13-8-7-10(9-14(13)19(2)23(18,21)22)17-15(20)11-5-3-4-6-12(11)16/h3-9H,1-2H3,(H,17,20). The number of halogens is 1. The first-order valence-electron chi connectivity index (χ1n) is 6.75. The van der Waals surface area contributed by atoms with Gasteiger partial charge >= 0.3 is 10.2 Å². The van der Waals surface area contributed by atoms with E-state index in [0.29, 0.717) is 27.1 Å². The Hall–Kier alpha value is -2.06. The van der Waals surface area contributed by atoms with Crippen LogP contribution in [-0.2, 0) is 10.2 Å². The number of nitrogens with zero attached hydrogens (tertiary/aromatic N) is 2. The predicted molar refractivity (Wildman–Crippen MR) is 94.3 cm³/mol. The van der Waals surface area contributed by atoms with Crippen LogP contribution in [0.25, 0.3) is 0 Å². The van der Waals surface area contributed by atoms with Gasteiger partial charge in [0.15, 0.2) is 0 Å². The minimum Gasteiger partial charge on any atom is -0.322 e. The molecule has 1 heterocycles. The number of hydrogen-bond acceptors (Lipinski definition) is 3. The van der Waals surface area contributed by atoms with Gasteiger partial charge < -0.3 is 5.32 Å². The molecule has 0 spiro atoms. The molecule has 1 aliphatic heterocycles. The maximum Gasteiger partial charge on any atom is 0.326 e. The quantitative estimate of drug-likeness (QED) is 0.849. The lowest BCUT2D eigenvalue weighted by Gasteiger charge is -2.13. The molecule has 1 aliphatic rings. The van der Waals surface area contributed by atoms with Crippen LogP contribution < -0.4 is 13.9 Å². The molecule has 0 fully saturated rings. The Morgan fingerprint density at radius 1 is 1.04 bits per heavy atom. The molecule has 1 N–H and O–H groups in total. The lowest BCUT2D eigenvalue weighted by atomic mass is 10.2. The number of benzene rings is 2. The van der Waals surface area contributed by atoms with Crippen LogP contribution in [0.15, 0.2) is 46.9 Å². The lowest BCUT2D eigenvalue weighted by Crippen LogP contribution is -2.32. The molecule has 2 aromatic rings. The second-order valence-electron chi connectivity index (χ2n) is 5.08. The molecule has 0 aliphatic carbocycles. The highest BCUT2D eigenvalue weighted by atomic mass is 79.9. The first kappa shape index (κ1) is 15.8. The van der Waals surface area contributed by atoms with Crippen LogP contribution in [0.5, 0.6) is 0 Å². The summed E-state index contributed by atoms with van der Waals surface area (Å²) in [6, 6.07) is 12.1. The van der Waals surface area contributed by atoms with Gasteiger partial charge in [0, 0.05) is 24.3 Å². The number of nitrogens with one attached hydrogen (secondary N) is 1. The van der Waals surface area contributed by atoms with Crippen molar-refractivity contribution >= 4 is 49.1 Å². The maximum absolute atomic E-state index is 12.3. The number of carbonyl (C=O) groups excluding carboxylic acids is 1. The van der Waals surface area contributed by atoms with Crippen LogP contribution in [-0.4, -0.2) is 28.4 Å². The van der Waals surface area contributed by atoms with Crippen molar-refractivity contribution in [3.05, 3.63) is 52.5 Å². The summed E-state index contributed by atoms with van der Waals surface area (Å²) in [7, 11) is -0.540. The smallest absolute Gasteiger partial charge is 0.322 e. The Labute approximate surface area is 143 Å². The summed E-state index contributed by atoms with van der Waals surface area (Å²) in [4.78, 5) is 12.3. The number of amides is 1. The van der Waals surface area contributed by atoms with E-state index in [-0.39, 0.29) is 5.91 Å². The van der Waals surface area contributed by atoms with E-state index >= 15 is 0 Å². The molecule has 0 saturated heterocycles. The van der Waals surface area contributed by atoms with E-state index in [1.54, 1.807) is 36.4 Å². The zero-order valence-electron chi connectivity index (χ0n) is 12.4. The van der Waals surface area contributed by atoms with E-state index in [1.807, 2.05) is 6.07 Å². The van der Waals surface area contributed by atoms with E-state index < -0.39 is 10.2 Å². The number of anilines is 3. The summed E-state index contributed by atoms with van der Waals surface area (Å²) >= 11 is 3.34. The minimum atomic E-state index is -3.52. The minimum absolute atomic E-state index is 0.269. The third-order valence-corrected chi connectivity index (χ3v) is 6.19. The van der Waals surface area contributed by atoms with Crippen LogP contribution >= 0.6 is 15.9 Å². The number of hydrogen-bond donors (Lipinski definition) is 1. The van der Waals surface area contributed by atoms with E-state index in [1.165, 1.54) is 22.7 Å². The van der Waals surface area contributed by atoms with Crippen molar-refractivity contribution in [3.63, 3.8) is 0 Å². The Morgan fingerprint density at radius 2 is 1.70 bits per heavy atom. The van der Waals surface area contributed by atoms with Gasteiger partial charge in [-0.25, -0.2) is 0 Å². The Bertz CT molecular complexity index is 899. The average molecular weight is 396 g/mol. The summed E-state index contributed by atoms with van der Waals surface area (Å²) < 4.78 is 27.3. The van der Waals surface area contributed by atoms with Gasteiger partial charge in [0.1, 0.15) is 0 Å². The topological polar surface area (TPSA) is 69.7 Å². The van der Waals surface area contributed by atoms with Crippen LogP contribution in [0.1, 0.15) is 10.4 Å². The zero-order chi connectivity index (χ0) is 16.8. The second kappa shape index (κ2) is 5.54. The second-order valence-corrected chi connectivity index (χ2v) is 7.93. The van der Waals surface area contributed by atoms with E-state index in [9.17, 15) is 13.2 Å². The molecular weight excluding hydrogens is 382 g/mol. The highest BCUT2D eigenvalue weighted by Gasteiger charge is 2.35. The van der Waals surface area contributed by atoms with Crippen molar-refractivity contribution < 1.29 is 13.2 Å². The predicted octanol–water partition coefficient (Wildman–Crippen LogP) is 2.83. The van der Waals surface area contributed by atoms with E-state index in [0.717, 1.165) is 0 Å². The summed E-state index contributed by atoms with van der Waals surface area (Å²) in [5.74, 6) is -0.269. The normalized spacial score (nSPS) is 15.4. The van der Waals surface area contributed by atoms with Crippen molar-refractivity contribution in [2.24, 2.45) is 0 Å². The number of carbonyl (C=O) groups is 1. The van der Waals surface area contributed by atoms with E-state index in [4.69, 9.17) is 0 Å². The molecule has 0 bridgehead atoms. The van der Waals surface area contributed by atoms with Gasteiger partial charge in [0.2, 0.25) is 0 Å². The van der Waals surface area contributed by atoms with Crippen LogP contribution in [0.4, 0.5) is 17.1 Å². The Kier molecular flexibility index (Phi) is 3.81. The molecule has 120 valence electrons. The molecule has 0 atom stereocenters. The summed E-state index contributed by atoms with van der Waals surface area (Å²) in [6.45, 7) is 0. The van der Waals surface area contributed by atoms with Crippen LogP contribution in [0.2, 0.25) is 0 Å². The zero-order valence-corrected chi connectivity index (χ0v) is 14.8. The summed E-state index contributed by atoms with van der Waals surface area (Å²) in [5.41, 5.74) is 2.14. The maximum atomic E-state index is 12.3. The Balaban J connectivity index is 1.92. The fraction of sp³-hybridized carbons (Fsp3) is 0.133. The summed E-state index contributed by atoms with van der Waals surface area (Å²) in [6.07, 6.45) is 0. The van der Waals surface area contributed by atoms with Gasteiger partial charge in [0.25, 0.3) is 5.91 Å². The van der Waals surface area contributed by atoms with Crippen LogP contribution in [0, 0.1) is 0 Å². The monoisotopic (exact) mass is 395 g/mol. The molecule has 2 aromatic carbocycles. The van der Waals surface area contributed by atoms with Gasteiger partial charge in [0.05, 0.1) is 16.9 Å². The fourth-order valence-electron chi connectivity index (χ4n) is 2.40. The van der Waals surface area contributed by atoms with Gasteiger partial charge in [-0.2, -0.15) is 8.42 Å². The average Bonchev–Trinajstić information content (AvgIpc) is 2.69. The van der Waals surface area contributed by atoms with Crippen LogP contribution in [0.3, 0.4) is 0 Å². The first-order valence-corrected chi connectivity index (χ1v) is 8.94. The molecular formula is C15H14BrN3O3S. The van der Waals surface area contributed by atoms with Crippen molar-refractivity contribution in [1.29, 1.82) is 0 Å². The van der Waals surface area contributed by atoms with Gasteiger partial charge in [-0.1, -0.05) is 12.1 Å². The molecule has 23 heavy (non-hydrogen) atoms. The number of fused-ring (bicyclic) bond motifs is 1. The van der Waals surface area contributed by atoms with Crippen molar-refractivity contribution in [1.82, 2.24) is 0 Å². The molecule has 0 unspecified atom stereocenters. The molecule has 3 rings (SSSR count). The van der Waals surface area contributed by atoms with Crippen molar-refractivity contribution in [3.8, 4) is 0 Å². The third kappa shape index (κ3) is 2.57. The van der Waals surface area contributed by atoms with Crippen molar-refractivity contribution in [2.45, 2.75) is 0 Å².